The molecular weight excluding hydrogens is 266 g/mol. The number of benzene rings is 1. The van der Waals surface area contributed by atoms with Gasteiger partial charge in [0.25, 0.3) is 0 Å². The first-order valence-corrected chi connectivity index (χ1v) is 7.67. The number of carboxylic acids is 1. The van der Waals surface area contributed by atoms with Crippen LogP contribution in [0.2, 0.25) is 0 Å². The van der Waals surface area contributed by atoms with Crippen LogP contribution >= 0.6 is 0 Å². The molecule has 0 radical (unpaired) electrons. The first-order valence-electron chi connectivity index (χ1n) is 7.67. The van der Waals surface area contributed by atoms with Gasteiger partial charge in [-0.15, -0.1) is 0 Å². The molecular formula is C17H25NO3. The summed E-state index contributed by atoms with van der Waals surface area (Å²) < 4.78 is 0. The average Bonchev–Trinajstić information content (AvgIpc) is 2.49. The quantitative estimate of drug-likeness (QED) is 0.651. The van der Waals surface area contributed by atoms with Gasteiger partial charge in [-0.05, 0) is 18.4 Å². The topological polar surface area (TPSA) is 66.4 Å². The van der Waals surface area contributed by atoms with Crippen molar-refractivity contribution in [3.63, 3.8) is 0 Å². The van der Waals surface area contributed by atoms with Gasteiger partial charge in [-0.3, -0.25) is 9.59 Å². The van der Waals surface area contributed by atoms with E-state index in [1.807, 2.05) is 30.3 Å². The molecule has 1 amide bonds. The molecule has 21 heavy (non-hydrogen) atoms. The van der Waals surface area contributed by atoms with Crippen LogP contribution in [0.1, 0.15) is 44.6 Å². The Labute approximate surface area is 126 Å². The molecule has 4 heteroatoms. The van der Waals surface area contributed by atoms with Crippen molar-refractivity contribution in [3.05, 3.63) is 35.9 Å². The molecule has 0 heterocycles. The minimum Gasteiger partial charge on any atom is -0.480 e. The number of hydrogen-bond acceptors (Lipinski definition) is 2. The van der Waals surface area contributed by atoms with Crippen LogP contribution < -0.4 is 5.32 Å². The van der Waals surface area contributed by atoms with Crippen LogP contribution in [0.4, 0.5) is 0 Å². The first kappa shape index (κ1) is 17.2. The van der Waals surface area contributed by atoms with Crippen LogP contribution in [0.3, 0.4) is 0 Å². The summed E-state index contributed by atoms with van der Waals surface area (Å²) in [6.07, 6.45) is 5.93. The number of carboxylic acid groups (broad SMARTS) is 1. The van der Waals surface area contributed by atoms with Gasteiger partial charge < -0.3 is 10.4 Å². The SMILES string of the molecule is CCCCCCC(Cc1ccccc1)C(=O)NCC(=O)O. The number of rotatable bonds is 10. The lowest BCUT2D eigenvalue weighted by Crippen LogP contribution is -2.35. The third-order valence-electron chi connectivity index (χ3n) is 3.52. The summed E-state index contributed by atoms with van der Waals surface area (Å²) in [5.74, 6) is -1.31. The molecule has 1 aromatic rings. The molecule has 0 fully saturated rings. The van der Waals surface area contributed by atoms with Gasteiger partial charge in [-0.2, -0.15) is 0 Å². The molecule has 0 aliphatic rings. The molecule has 0 aliphatic heterocycles. The second-order valence-corrected chi connectivity index (χ2v) is 5.35. The molecule has 0 saturated carbocycles. The molecule has 0 spiro atoms. The molecule has 4 nitrogen and oxygen atoms in total. The maximum atomic E-state index is 12.1. The Hall–Kier alpha value is -1.84. The number of amides is 1. The van der Waals surface area contributed by atoms with Crippen LogP contribution in [0.5, 0.6) is 0 Å². The van der Waals surface area contributed by atoms with Crippen LogP contribution in [0, 0.1) is 5.92 Å². The summed E-state index contributed by atoms with van der Waals surface area (Å²) in [6, 6.07) is 9.87. The van der Waals surface area contributed by atoms with E-state index >= 15 is 0 Å². The van der Waals surface area contributed by atoms with E-state index in [1.165, 1.54) is 6.42 Å². The predicted molar refractivity (Wildman–Crippen MR) is 83.0 cm³/mol. The van der Waals surface area contributed by atoms with Crippen molar-refractivity contribution in [2.75, 3.05) is 6.54 Å². The van der Waals surface area contributed by atoms with Gasteiger partial charge in [-0.1, -0.05) is 62.9 Å². The molecule has 0 aromatic heterocycles. The Morgan fingerprint density at radius 3 is 2.48 bits per heavy atom. The number of carbonyl (C=O) groups is 2. The van der Waals surface area contributed by atoms with Gasteiger partial charge in [0.05, 0.1) is 0 Å². The van der Waals surface area contributed by atoms with Gasteiger partial charge in [0.15, 0.2) is 0 Å². The van der Waals surface area contributed by atoms with Crippen LogP contribution in [0.25, 0.3) is 0 Å². The van der Waals surface area contributed by atoms with Crippen LogP contribution in [0.15, 0.2) is 30.3 Å². The highest BCUT2D eigenvalue weighted by molar-refractivity contribution is 5.83. The summed E-state index contributed by atoms with van der Waals surface area (Å²) in [7, 11) is 0. The fraction of sp³-hybridized carbons (Fsp3) is 0.529. The average molecular weight is 291 g/mol. The van der Waals surface area contributed by atoms with E-state index in [2.05, 4.69) is 12.2 Å². The van der Waals surface area contributed by atoms with Crippen molar-refractivity contribution in [3.8, 4) is 0 Å². The van der Waals surface area contributed by atoms with Crippen molar-refractivity contribution < 1.29 is 14.7 Å². The lowest BCUT2D eigenvalue weighted by molar-refractivity contribution is -0.138. The van der Waals surface area contributed by atoms with Crippen molar-refractivity contribution in [1.29, 1.82) is 0 Å². The number of carbonyl (C=O) groups excluding carboxylic acids is 1. The minimum atomic E-state index is -1.01. The van der Waals surface area contributed by atoms with E-state index in [-0.39, 0.29) is 18.4 Å². The zero-order valence-electron chi connectivity index (χ0n) is 12.7. The van der Waals surface area contributed by atoms with Gasteiger partial charge in [0, 0.05) is 5.92 Å². The van der Waals surface area contributed by atoms with E-state index < -0.39 is 5.97 Å². The van der Waals surface area contributed by atoms with Crippen molar-refractivity contribution >= 4 is 11.9 Å². The molecule has 0 bridgehead atoms. The van der Waals surface area contributed by atoms with E-state index in [4.69, 9.17) is 5.11 Å². The molecule has 0 aliphatic carbocycles. The number of unbranched alkanes of at least 4 members (excludes halogenated alkanes) is 3. The van der Waals surface area contributed by atoms with Crippen LogP contribution in [-0.2, 0) is 16.0 Å². The molecule has 1 unspecified atom stereocenters. The Kier molecular flexibility index (Phi) is 8.17. The van der Waals surface area contributed by atoms with E-state index in [1.54, 1.807) is 0 Å². The highest BCUT2D eigenvalue weighted by atomic mass is 16.4. The van der Waals surface area contributed by atoms with Gasteiger partial charge in [-0.25, -0.2) is 0 Å². The summed E-state index contributed by atoms with van der Waals surface area (Å²) in [6.45, 7) is 1.85. The number of hydrogen-bond donors (Lipinski definition) is 2. The Bertz CT molecular complexity index is 431. The Morgan fingerprint density at radius 1 is 1.14 bits per heavy atom. The largest absolute Gasteiger partial charge is 0.480 e. The highest BCUT2D eigenvalue weighted by Gasteiger charge is 2.19. The fourth-order valence-electron chi connectivity index (χ4n) is 2.35. The Balaban J connectivity index is 2.56. The lowest BCUT2D eigenvalue weighted by Gasteiger charge is -2.16. The minimum absolute atomic E-state index is 0.149. The lowest BCUT2D eigenvalue weighted by atomic mass is 9.92. The second kappa shape index (κ2) is 9.97. The van der Waals surface area contributed by atoms with Crippen molar-refractivity contribution in [2.45, 2.75) is 45.4 Å². The smallest absolute Gasteiger partial charge is 0.322 e. The fourth-order valence-corrected chi connectivity index (χ4v) is 2.35. The Morgan fingerprint density at radius 2 is 1.86 bits per heavy atom. The molecule has 1 aromatic carbocycles. The van der Waals surface area contributed by atoms with Crippen molar-refractivity contribution in [2.24, 2.45) is 5.92 Å². The third-order valence-corrected chi connectivity index (χ3v) is 3.52. The molecule has 0 saturated heterocycles. The standard InChI is InChI=1S/C17H25NO3/c1-2-3-4-8-11-15(17(21)18-13-16(19)20)12-14-9-6-5-7-10-14/h5-7,9-10,15H,2-4,8,11-13H2,1H3,(H,18,21)(H,19,20). The van der Waals surface area contributed by atoms with Gasteiger partial charge in [0.2, 0.25) is 5.91 Å². The number of aliphatic carboxylic acids is 1. The molecule has 1 rings (SSSR count). The zero-order valence-corrected chi connectivity index (χ0v) is 12.7. The second-order valence-electron chi connectivity index (χ2n) is 5.35. The summed E-state index contributed by atoms with van der Waals surface area (Å²) in [5.41, 5.74) is 1.11. The maximum Gasteiger partial charge on any atom is 0.322 e. The van der Waals surface area contributed by atoms with E-state index in [0.717, 1.165) is 31.2 Å². The van der Waals surface area contributed by atoms with E-state index in [9.17, 15) is 9.59 Å². The third kappa shape index (κ3) is 7.49. The number of nitrogens with one attached hydrogen (secondary N) is 1. The van der Waals surface area contributed by atoms with Gasteiger partial charge in [0.1, 0.15) is 6.54 Å². The summed E-state index contributed by atoms with van der Waals surface area (Å²) in [4.78, 5) is 22.7. The molecule has 116 valence electrons. The summed E-state index contributed by atoms with van der Waals surface area (Å²) in [5, 5.41) is 11.2. The van der Waals surface area contributed by atoms with Crippen LogP contribution in [-0.4, -0.2) is 23.5 Å². The molecule has 1 atom stereocenters. The summed E-state index contributed by atoms with van der Waals surface area (Å²) >= 11 is 0. The monoisotopic (exact) mass is 291 g/mol. The van der Waals surface area contributed by atoms with Crippen molar-refractivity contribution in [1.82, 2.24) is 5.32 Å². The zero-order chi connectivity index (χ0) is 15.5. The molecule has 2 N–H and O–H groups in total. The predicted octanol–water partition coefficient (Wildman–Crippen LogP) is 3.02. The first-order chi connectivity index (χ1) is 10.1. The maximum absolute atomic E-state index is 12.1. The van der Waals surface area contributed by atoms with E-state index in [0.29, 0.717) is 6.42 Å². The van der Waals surface area contributed by atoms with Gasteiger partial charge >= 0.3 is 5.97 Å². The highest BCUT2D eigenvalue weighted by Crippen LogP contribution is 2.17. The normalized spacial score (nSPS) is 11.9.